The number of fused-ring (bicyclic) bond motifs is 2. The minimum absolute atomic E-state index is 0.893. The molecule has 2 aliphatic carbocycles. The standard InChI is InChI=1S/C10H17O/c1-2-11-7-10-6-8-3-4-9(10)5-8/h2,8-10H,3-7H2,1H3. The maximum Gasteiger partial charge on any atom is 0.0806 e. The summed E-state index contributed by atoms with van der Waals surface area (Å²) in [5, 5.41) is 0. The zero-order valence-corrected chi connectivity index (χ0v) is 7.25. The van der Waals surface area contributed by atoms with Crippen molar-refractivity contribution < 1.29 is 4.74 Å². The highest BCUT2D eigenvalue weighted by molar-refractivity contribution is 4.89. The molecule has 3 atom stereocenters. The van der Waals surface area contributed by atoms with E-state index in [2.05, 4.69) is 0 Å². The minimum Gasteiger partial charge on any atom is -0.376 e. The van der Waals surface area contributed by atoms with Gasteiger partial charge in [0.25, 0.3) is 0 Å². The second-order valence-electron chi connectivity index (χ2n) is 4.00. The van der Waals surface area contributed by atoms with Crippen LogP contribution in [-0.4, -0.2) is 6.61 Å². The van der Waals surface area contributed by atoms with E-state index in [1.165, 1.54) is 25.7 Å². The van der Waals surface area contributed by atoms with Gasteiger partial charge in [-0.05, 0) is 43.9 Å². The van der Waals surface area contributed by atoms with Gasteiger partial charge in [-0.2, -0.15) is 0 Å². The molecule has 2 bridgehead atoms. The van der Waals surface area contributed by atoms with Crippen molar-refractivity contribution in [1.29, 1.82) is 0 Å². The van der Waals surface area contributed by atoms with Gasteiger partial charge in [-0.3, -0.25) is 0 Å². The van der Waals surface area contributed by atoms with E-state index < -0.39 is 0 Å². The first-order valence-corrected chi connectivity index (χ1v) is 4.79. The molecule has 0 heterocycles. The highest BCUT2D eigenvalue weighted by Gasteiger charge is 2.39. The van der Waals surface area contributed by atoms with Crippen molar-refractivity contribution in [2.75, 3.05) is 6.61 Å². The van der Waals surface area contributed by atoms with E-state index in [0.717, 1.165) is 24.4 Å². The second kappa shape index (κ2) is 3.14. The van der Waals surface area contributed by atoms with Gasteiger partial charge in [0, 0.05) is 0 Å². The molecule has 1 radical (unpaired) electrons. The van der Waals surface area contributed by atoms with Crippen LogP contribution in [0.25, 0.3) is 0 Å². The summed E-state index contributed by atoms with van der Waals surface area (Å²) in [6, 6.07) is 0. The number of rotatable bonds is 3. The van der Waals surface area contributed by atoms with Crippen LogP contribution in [0.3, 0.4) is 0 Å². The first-order valence-electron chi connectivity index (χ1n) is 4.79. The fourth-order valence-electron chi connectivity index (χ4n) is 2.80. The van der Waals surface area contributed by atoms with E-state index in [0.29, 0.717) is 0 Å². The molecule has 0 saturated heterocycles. The van der Waals surface area contributed by atoms with Crippen molar-refractivity contribution in [3.05, 3.63) is 6.61 Å². The van der Waals surface area contributed by atoms with E-state index >= 15 is 0 Å². The molecule has 0 spiro atoms. The molecule has 2 saturated carbocycles. The van der Waals surface area contributed by atoms with Gasteiger partial charge in [0.15, 0.2) is 0 Å². The maximum atomic E-state index is 5.35. The van der Waals surface area contributed by atoms with Crippen molar-refractivity contribution >= 4 is 0 Å². The summed E-state index contributed by atoms with van der Waals surface area (Å²) in [5.41, 5.74) is 0. The number of ether oxygens (including phenoxy) is 1. The Hall–Kier alpha value is -0.0400. The lowest BCUT2D eigenvalue weighted by molar-refractivity contribution is 0.127. The SMILES string of the molecule is C[CH]OCC1CC2CCC1C2. The van der Waals surface area contributed by atoms with Gasteiger partial charge in [-0.1, -0.05) is 6.42 Å². The fraction of sp³-hybridized carbons (Fsp3) is 0.900. The van der Waals surface area contributed by atoms with Crippen LogP contribution in [0.4, 0.5) is 0 Å². The molecule has 2 fully saturated rings. The van der Waals surface area contributed by atoms with Gasteiger partial charge in [0.05, 0.1) is 13.2 Å². The Morgan fingerprint density at radius 1 is 1.36 bits per heavy atom. The Morgan fingerprint density at radius 3 is 2.82 bits per heavy atom. The van der Waals surface area contributed by atoms with E-state index in [-0.39, 0.29) is 0 Å². The number of hydrogen-bond donors (Lipinski definition) is 0. The van der Waals surface area contributed by atoms with E-state index in [1.54, 1.807) is 0 Å². The van der Waals surface area contributed by atoms with Gasteiger partial charge in [-0.15, -0.1) is 0 Å². The average molecular weight is 153 g/mol. The molecule has 63 valence electrons. The van der Waals surface area contributed by atoms with Crippen LogP contribution in [0.1, 0.15) is 32.6 Å². The summed E-state index contributed by atoms with van der Waals surface area (Å²) in [6.07, 6.45) is 5.91. The lowest BCUT2D eigenvalue weighted by atomic mass is 9.90. The van der Waals surface area contributed by atoms with Crippen LogP contribution in [0.15, 0.2) is 0 Å². The third-order valence-corrected chi connectivity index (χ3v) is 3.36. The molecular weight excluding hydrogens is 136 g/mol. The summed E-state index contributed by atoms with van der Waals surface area (Å²) in [6.45, 7) is 4.77. The van der Waals surface area contributed by atoms with Crippen LogP contribution in [0.2, 0.25) is 0 Å². The molecule has 11 heavy (non-hydrogen) atoms. The third kappa shape index (κ3) is 1.44. The van der Waals surface area contributed by atoms with Crippen molar-refractivity contribution in [1.82, 2.24) is 0 Å². The summed E-state index contributed by atoms with van der Waals surface area (Å²) in [5.74, 6) is 2.97. The Kier molecular flexibility index (Phi) is 2.17. The second-order valence-corrected chi connectivity index (χ2v) is 4.00. The van der Waals surface area contributed by atoms with Crippen LogP contribution in [0, 0.1) is 24.4 Å². The molecule has 0 amide bonds. The molecule has 2 rings (SSSR count). The quantitative estimate of drug-likeness (QED) is 0.605. The van der Waals surface area contributed by atoms with E-state index in [4.69, 9.17) is 4.74 Å². The number of hydrogen-bond acceptors (Lipinski definition) is 1. The molecule has 1 nitrogen and oxygen atoms in total. The topological polar surface area (TPSA) is 9.23 Å². The summed E-state index contributed by atoms with van der Waals surface area (Å²) >= 11 is 0. The van der Waals surface area contributed by atoms with Crippen LogP contribution >= 0.6 is 0 Å². The van der Waals surface area contributed by atoms with Crippen LogP contribution < -0.4 is 0 Å². The van der Waals surface area contributed by atoms with Gasteiger partial charge >= 0.3 is 0 Å². The Balaban J connectivity index is 1.78. The smallest absolute Gasteiger partial charge is 0.0806 e. The van der Waals surface area contributed by atoms with Gasteiger partial charge in [0.1, 0.15) is 0 Å². The first kappa shape index (κ1) is 7.60. The molecule has 0 aromatic rings. The molecule has 1 heteroatoms. The maximum absolute atomic E-state index is 5.35. The molecule has 0 N–H and O–H groups in total. The lowest BCUT2D eigenvalue weighted by Crippen LogP contribution is -2.15. The highest BCUT2D eigenvalue weighted by Crippen LogP contribution is 2.48. The fourth-order valence-corrected chi connectivity index (χ4v) is 2.80. The molecule has 0 aliphatic heterocycles. The Bertz CT molecular complexity index is 133. The van der Waals surface area contributed by atoms with E-state index in [1.807, 2.05) is 13.5 Å². The van der Waals surface area contributed by atoms with Crippen molar-refractivity contribution in [2.45, 2.75) is 32.6 Å². The lowest BCUT2D eigenvalue weighted by Gasteiger charge is -2.20. The van der Waals surface area contributed by atoms with Gasteiger partial charge in [0.2, 0.25) is 0 Å². The summed E-state index contributed by atoms with van der Waals surface area (Å²) in [4.78, 5) is 0. The van der Waals surface area contributed by atoms with Crippen molar-refractivity contribution in [3.8, 4) is 0 Å². The van der Waals surface area contributed by atoms with E-state index in [9.17, 15) is 0 Å². The normalized spacial score (nSPS) is 41.7. The van der Waals surface area contributed by atoms with Crippen LogP contribution in [-0.2, 0) is 4.74 Å². The van der Waals surface area contributed by atoms with Crippen molar-refractivity contribution in [3.63, 3.8) is 0 Å². The predicted octanol–water partition coefficient (Wildman–Crippen LogP) is 2.62. The van der Waals surface area contributed by atoms with Gasteiger partial charge < -0.3 is 4.74 Å². The zero-order chi connectivity index (χ0) is 7.68. The molecule has 3 unspecified atom stereocenters. The molecule has 2 aliphatic rings. The average Bonchev–Trinajstić information content (AvgIpc) is 2.60. The molecule has 0 aromatic carbocycles. The minimum atomic E-state index is 0.893. The van der Waals surface area contributed by atoms with Crippen molar-refractivity contribution in [2.24, 2.45) is 17.8 Å². The first-order chi connectivity index (χ1) is 5.40. The molecular formula is C10H17O. The Morgan fingerprint density at radius 2 is 2.27 bits per heavy atom. The van der Waals surface area contributed by atoms with Gasteiger partial charge in [-0.25, -0.2) is 0 Å². The summed E-state index contributed by atoms with van der Waals surface area (Å²) in [7, 11) is 0. The predicted molar refractivity (Wildman–Crippen MR) is 44.9 cm³/mol. The summed E-state index contributed by atoms with van der Waals surface area (Å²) < 4.78 is 5.35. The monoisotopic (exact) mass is 153 g/mol. The highest BCUT2D eigenvalue weighted by atomic mass is 16.5. The largest absolute Gasteiger partial charge is 0.376 e. The molecule has 0 aromatic heterocycles. The Labute approximate surface area is 69.1 Å². The third-order valence-electron chi connectivity index (χ3n) is 3.36. The van der Waals surface area contributed by atoms with Crippen LogP contribution in [0.5, 0.6) is 0 Å². The zero-order valence-electron chi connectivity index (χ0n) is 7.25.